The van der Waals surface area contributed by atoms with Gasteiger partial charge in [-0.2, -0.15) is 0 Å². The first kappa shape index (κ1) is 38.8. The fourth-order valence-electron chi connectivity index (χ4n) is 5.06. The summed E-state index contributed by atoms with van der Waals surface area (Å²) >= 11 is 0. The molecule has 3 unspecified atom stereocenters. The minimum absolute atomic E-state index is 0.00852. The molecule has 1 amide bonds. The number of carbonyl (C=O) groups excluding carboxylic acids is 1. The summed E-state index contributed by atoms with van der Waals surface area (Å²) in [5, 5.41) is 32.9. The molecule has 0 radical (unpaired) electrons. The quantitative estimate of drug-likeness (QED) is 0.0518. The first-order valence-corrected chi connectivity index (χ1v) is 17.1. The molecule has 0 fully saturated rings. The van der Waals surface area contributed by atoms with Gasteiger partial charge >= 0.3 is 0 Å². The van der Waals surface area contributed by atoms with Crippen LogP contribution in [-0.2, 0) is 4.79 Å². The van der Waals surface area contributed by atoms with Crippen LogP contribution in [0.1, 0.15) is 168 Å². The molecule has 0 aliphatic rings. The van der Waals surface area contributed by atoms with Crippen LogP contribution in [0.25, 0.3) is 0 Å². The van der Waals surface area contributed by atoms with Gasteiger partial charge in [0.15, 0.2) is 0 Å². The largest absolute Gasteiger partial charge is 0.394 e. The van der Waals surface area contributed by atoms with E-state index in [1.54, 1.807) is 6.08 Å². The van der Waals surface area contributed by atoms with Crippen molar-refractivity contribution in [2.24, 2.45) is 0 Å². The fourth-order valence-corrected chi connectivity index (χ4v) is 5.06. The molecule has 4 N–H and O–H groups in total. The van der Waals surface area contributed by atoms with Gasteiger partial charge in [-0.05, 0) is 32.1 Å². The Hall–Kier alpha value is -1.17. The van der Waals surface area contributed by atoms with Gasteiger partial charge in [0.05, 0.1) is 31.3 Å². The summed E-state index contributed by atoms with van der Waals surface area (Å²) in [6, 6.07) is -0.754. The Morgan fingerprint density at radius 3 is 1.60 bits per heavy atom. The van der Waals surface area contributed by atoms with Gasteiger partial charge in [0.2, 0.25) is 5.91 Å². The normalized spacial score (nSPS) is 14.2. The highest BCUT2D eigenvalue weighted by atomic mass is 16.3. The summed E-state index contributed by atoms with van der Waals surface area (Å²) in [6.07, 6.45) is 34.4. The Balaban J connectivity index is 3.76. The average Bonchev–Trinajstić information content (AvgIpc) is 2.94. The maximum Gasteiger partial charge on any atom is 0.222 e. The predicted molar refractivity (Wildman–Crippen MR) is 171 cm³/mol. The smallest absolute Gasteiger partial charge is 0.222 e. The molecule has 5 nitrogen and oxygen atoms in total. The summed E-state index contributed by atoms with van der Waals surface area (Å²) in [7, 11) is 0. The molecule has 0 aromatic rings. The van der Waals surface area contributed by atoms with Crippen LogP contribution in [0.2, 0.25) is 0 Å². The topological polar surface area (TPSA) is 89.8 Å². The summed E-state index contributed by atoms with van der Waals surface area (Å²) < 4.78 is 0. The molecule has 236 valence electrons. The SMILES string of the molecule is CCCCCC/C=C/CC/C=C/C(O)C(CO)NC(=O)CC(O)CCCCCCCCCCCCCCCCC. The summed E-state index contributed by atoms with van der Waals surface area (Å²) in [5.74, 6) is -0.328. The standard InChI is InChI=1S/C35H67NO4/c1-3-5-7-9-11-13-15-16-17-18-19-20-22-24-26-28-32(38)30-35(40)36-33(31-37)34(39)29-27-25-23-21-14-12-10-8-6-4-2/h14,21,27,29,32-34,37-39H,3-13,15-20,22-26,28,30-31H2,1-2H3,(H,36,40)/b21-14+,29-27+. The third-order valence-corrected chi connectivity index (χ3v) is 7.74. The summed E-state index contributed by atoms with van der Waals surface area (Å²) in [6.45, 7) is 4.14. The van der Waals surface area contributed by atoms with Crippen molar-refractivity contribution in [3.8, 4) is 0 Å². The number of allylic oxidation sites excluding steroid dienone is 3. The van der Waals surface area contributed by atoms with E-state index in [4.69, 9.17) is 0 Å². The molecule has 0 aliphatic heterocycles. The van der Waals surface area contributed by atoms with Crippen LogP contribution in [0.5, 0.6) is 0 Å². The molecule has 0 heterocycles. The second kappa shape index (κ2) is 30.8. The van der Waals surface area contributed by atoms with Crippen molar-refractivity contribution in [2.45, 2.75) is 186 Å². The molecule has 0 saturated carbocycles. The van der Waals surface area contributed by atoms with Crippen molar-refractivity contribution in [3.63, 3.8) is 0 Å². The first-order chi connectivity index (χ1) is 19.5. The fraction of sp³-hybridized carbons (Fsp3) is 0.857. The van der Waals surface area contributed by atoms with Gasteiger partial charge in [0.1, 0.15) is 0 Å². The van der Waals surface area contributed by atoms with Crippen LogP contribution in [0, 0.1) is 0 Å². The number of aliphatic hydroxyl groups is 3. The van der Waals surface area contributed by atoms with E-state index < -0.39 is 18.2 Å². The van der Waals surface area contributed by atoms with Crippen molar-refractivity contribution in [2.75, 3.05) is 6.61 Å². The molecular formula is C35H67NO4. The Morgan fingerprint density at radius 2 is 1.07 bits per heavy atom. The zero-order valence-corrected chi connectivity index (χ0v) is 26.5. The molecule has 0 rings (SSSR count). The van der Waals surface area contributed by atoms with Crippen LogP contribution in [0.15, 0.2) is 24.3 Å². The van der Waals surface area contributed by atoms with Crippen molar-refractivity contribution in [1.82, 2.24) is 5.32 Å². The minimum Gasteiger partial charge on any atom is -0.394 e. The van der Waals surface area contributed by atoms with Crippen LogP contribution in [0.4, 0.5) is 0 Å². The Bertz CT molecular complexity index is 592. The summed E-state index contributed by atoms with van der Waals surface area (Å²) in [5.41, 5.74) is 0. The molecule has 0 aliphatic carbocycles. The Labute approximate surface area is 248 Å². The van der Waals surface area contributed by atoms with Gasteiger partial charge in [-0.3, -0.25) is 4.79 Å². The van der Waals surface area contributed by atoms with E-state index in [0.717, 1.165) is 32.1 Å². The van der Waals surface area contributed by atoms with E-state index in [0.29, 0.717) is 6.42 Å². The van der Waals surface area contributed by atoms with E-state index in [-0.39, 0.29) is 18.9 Å². The van der Waals surface area contributed by atoms with E-state index >= 15 is 0 Å². The number of rotatable bonds is 30. The molecular weight excluding hydrogens is 498 g/mol. The molecule has 5 heteroatoms. The lowest BCUT2D eigenvalue weighted by Gasteiger charge is -2.21. The van der Waals surface area contributed by atoms with Crippen molar-refractivity contribution in [1.29, 1.82) is 0 Å². The number of hydrogen-bond donors (Lipinski definition) is 4. The molecule has 0 aromatic carbocycles. The second-order valence-corrected chi connectivity index (χ2v) is 11.8. The molecule has 40 heavy (non-hydrogen) atoms. The predicted octanol–water partition coefficient (Wildman–Crippen LogP) is 8.70. The maximum atomic E-state index is 12.3. The number of nitrogens with one attached hydrogen (secondary N) is 1. The van der Waals surface area contributed by atoms with Gasteiger partial charge in [-0.15, -0.1) is 0 Å². The third-order valence-electron chi connectivity index (χ3n) is 7.74. The van der Waals surface area contributed by atoms with Gasteiger partial charge in [0.25, 0.3) is 0 Å². The number of hydrogen-bond acceptors (Lipinski definition) is 4. The van der Waals surface area contributed by atoms with E-state index in [1.165, 1.54) is 109 Å². The van der Waals surface area contributed by atoms with E-state index in [2.05, 4.69) is 31.3 Å². The highest BCUT2D eigenvalue weighted by molar-refractivity contribution is 5.76. The van der Waals surface area contributed by atoms with Crippen LogP contribution < -0.4 is 5.32 Å². The van der Waals surface area contributed by atoms with Gasteiger partial charge in [-0.1, -0.05) is 154 Å². The lowest BCUT2D eigenvalue weighted by Crippen LogP contribution is -2.45. The zero-order valence-electron chi connectivity index (χ0n) is 26.5. The molecule has 3 atom stereocenters. The summed E-state index contributed by atoms with van der Waals surface area (Å²) in [4.78, 5) is 12.3. The number of amides is 1. The highest BCUT2D eigenvalue weighted by Crippen LogP contribution is 2.14. The van der Waals surface area contributed by atoms with Gasteiger partial charge < -0.3 is 20.6 Å². The third kappa shape index (κ3) is 27.0. The lowest BCUT2D eigenvalue weighted by molar-refractivity contribution is -0.124. The molecule has 0 saturated heterocycles. The Kier molecular flexibility index (Phi) is 29.9. The monoisotopic (exact) mass is 566 g/mol. The molecule has 0 spiro atoms. The molecule has 0 bridgehead atoms. The van der Waals surface area contributed by atoms with Crippen LogP contribution in [0.3, 0.4) is 0 Å². The second-order valence-electron chi connectivity index (χ2n) is 11.8. The highest BCUT2D eigenvalue weighted by Gasteiger charge is 2.20. The maximum absolute atomic E-state index is 12.3. The molecule has 0 aromatic heterocycles. The number of aliphatic hydroxyl groups excluding tert-OH is 3. The number of carbonyl (C=O) groups is 1. The average molecular weight is 566 g/mol. The van der Waals surface area contributed by atoms with Crippen molar-refractivity contribution >= 4 is 5.91 Å². The van der Waals surface area contributed by atoms with E-state index in [1.807, 2.05) is 6.08 Å². The van der Waals surface area contributed by atoms with Crippen molar-refractivity contribution in [3.05, 3.63) is 24.3 Å². The zero-order chi connectivity index (χ0) is 29.5. The Morgan fingerprint density at radius 1 is 0.625 bits per heavy atom. The first-order valence-electron chi connectivity index (χ1n) is 17.1. The van der Waals surface area contributed by atoms with Gasteiger partial charge in [0, 0.05) is 0 Å². The number of unbranched alkanes of at least 4 members (excludes halogenated alkanes) is 19. The van der Waals surface area contributed by atoms with Crippen LogP contribution in [-0.4, -0.2) is 46.1 Å². The minimum atomic E-state index is -0.945. The van der Waals surface area contributed by atoms with Crippen molar-refractivity contribution < 1.29 is 20.1 Å². The van der Waals surface area contributed by atoms with Crippen LogP contribution >= 0.6 is 0 Å². The van der Waals surface area contributed by atoms with Gasteiger partial charge in [-0.25, -0.2) is 0 Å². The van der Waals surface area contributed by atoms with E-state index in [9.17, 15) is 20.1 Å². The lowest BCUT2D eigenvalue weighted by atomic mass is 10.0.